The summed E-state index contributed by atoms with van der Waals surface area (Å²) in [6.07, 6.45) is 6.75. The number of fused-ring (bicyclic) bond motifs is 8. The minimum absolute atomic E-state index is 0.0206. The molecule has 2 aromatic heterocycles. The molecule has 0 fully saturated rings. The molecular weight excluding hydrogens is 645 g/mol. The van der Waals surface area contributed by atoms with Gasteiger partial charge < -0.3 is 0 Å². The van der Waals surface area contributed by atoms with Crippen LogP contribution in [0, 0.1) is 22.7 Å². The average Bonchev–Trinajstić information content (AvgIpc) is 3.64. The van der Waals surface area contributed by atoms with E-state index in [2.05, 4.69) is 144 Å². The van der Waals surface area contributed by atoms with Crippen LogP contribution in [0.4, 0.5) is 0 Å². The fourth-order valence-corrected chi connectivity index (χ4v) is 8.03. The zero-order chi connectivity index (χ0) is 35.5. The van der Waals surface area contributed by atoms with E-state index in [4.69, 9.17) is 4.98 Å². The van der Waals surface area contributed by atoms with Crippen molar-refractivity contribution in [1.29, 1.82) is 10.5 Å². The highest BCUT2D eigenvalue weighted by Gasteiger charge is 2.25. The Morgan fingerprint density at radius 3 is 1.83 bits per heavy atom. The van der Waals surface area contributed by atoms with Gasteiger partial charge in [0.25, 0.3) is 0 Å². The van der Waals surface area contributed by atoms with Gasteiger partial charge in [-0.2, -0.15) is 10.5 Å². The second-order valence-corrected chi connectivity index (χ2v) is 13.8. The summed E-state index contributed by atoms with van der Waals surface area (Å²) in [5.74, 6) is 0.0206. The lowest BCUT2D eigenvalue weighted by Gasteiger charge is -2.18. The zero-order valence-corrected chi connectivity index (χ0v) is 28.7. The minimum atomic E-state index is 0.0206. The Morgan fingerprint density at radius 2 is 1.15 bits per heavy atom. The number of rotatable bonds is 4. The lowest BCUT2D eigenvalue weighted by Crippen LogP contribution is -2.05. The summed E-state index contributed by atoms with van der Waals surface area (Å²) >= 11 is 0. The van der Waals surface area contributed by atoms with Crippen LogP contribution in [-0.2, 0) is 0 Å². The van der Waals surface area contributed by atoms with E-state index in [0.29, 0.717) is 17.6 Å². The summed E-state index contributed by atoms with van der Waals surface area (Å²) < 4.78 is 2.31. The van der Waals surface area contributed by atoms with Crippen LogP contribution in [0.5, 0.6) is 0 Å². The van der Waals surface area contributed by atoms with Crippen LogP contribution in [0.2, 0.25) is 0 Å². The molecule has 0 radical (unpaired) electrons. The van der Waals surface area contributed by atoms with Gasteiger partial charge in [0.2, 0.25) is 0 Å². The predicted octanol–water partition coefficient (Wildman–Crippen LogP) is 12.3. The standard InChI is InChI=1S/C49H30N4/c50-29-31-9-13-34(14-10-31)47-48(35-15-11-32(30-51)12-16-35)53-46-8-4-3-7-43(46)45-28-42(23-24-44(45)49(53)52-47)41-22-21-39-26-38(19-20-40(39)27-41)37-18-17-33-5-1-2-6-36(33)25-37/h1-15,17-28,35H,16H2. The molecule has 0 bridgehead atoms. The van der Waals surface area contributed by atoms with Crippen molar-refractivity contribution in [2.45, 2.75) is 12.3 Å². The van der Waals surface area contributed by atoms with Gasteiger partial charge in [-0.3, -0.25) is 4.40 Å². The molecule has 1 atom stereocenters. The van der Waals surface area contributed by atoms with Gasteiger partial charge in [-0.15, -0.1) is 0 Å². The smallest absolute Gasteiger partial charge is 0.146 e. The molecule has 4 heteroatoms. The van der Waals surface area contributed by atoms with Crippen molar-refractivity contribution in [3.63, 3.8) is 0 Å². The highest BCUT2D eigenvalue weighted by atomic mass is 15.0. The van der Waals surface area contributed by atoms with Gasteiger partial charge in [0, 0.05) is 27.8 Å². The number of hydrogen-bond acceptors (Lipinski definition) is 3. The Hall–Kier alpha value is -7.27. The van der Waals surface area contributed by atoms with E-state index in [9.17, 15) is 10.5 Å². The molecule has 9 aromatic rings. The van der Waals surface area contributed by atoms with Gasteiger partial charge in [-0.05, 0) is 110 Å². The van der Waals surface area contributed by atoms with Crippen molar-refractivity contribution < 1.29 is 0 Å². The highest BCUT2D eigenvalue weighted by molar-refractivity contribution is 6.13. The quantitative estimate of drug-likeness (QED) is 0.175. The summed E-state index contributed by atoms with van der Waals surface area (Å²) in [6.45, 7) is 0. The predicted molar refractivity (Wildman–Crippen MR) is 216 cm³/mol. The number of nitrogens with zero attached hydrogens (tertiary/aromatic N) is 4. The van der Waals surface area contributed by atoms with Crippen molar-refractivity contribution in [3.8, 4) is 45.6 Å². The molecular formula is C49H30N4. The number of allylic oxidation sites excluding steroid dienone is 4. The van der Waals surface area contributed by atoms with Gasteiger partial charge in [0.15, 0.2) is 0 Å². The van der Waals surface area contributed by atoms with Crippen LogP contribution >= 0.6 is 0 Å². The molecule has 53 heavy (non-hydrogen) atoms. The van der Waals surface area contributed by atoms with Crippen LogP contribution in [0.25, 0.3) is 82.4 Å². The molecule has 0 aliphatic heterocycles. The molecule has 10 rings (SSSR count). The summed E-state index contributed by atoms with van der Waals surface area (Å²) in [4.78, 5) is 5.38. The monoisotopic (exact) mass is 674 g/mol. The van der Waals surface area contributed by atoms with E-state index < -0.39 is 0 Å². The van der Waals surface area contributed by atoms with Crippen LogP contribution in [0.3, 0.4) is 0 Å². The van der Waals surface area contributed by atoms with Gasteiger partial charge in [-0.1, -0.05) is 109 Å². The maximum absolute atomic E-state index is 9.55. The van der Waals surface area contributed by atoms with Crippen molar-refractivity contribution in [2.24, 2.45) is 0 Å². The number of para-hydroxylation sites is 1. The van der Waals surface area contributed by atoms with Crippen LogP contribution in [0.1, 0.15) is 23.6 Å². The summed E-state index contributed by atoms with van der Waals surface area (Å²) in [5.41, 5.74) is 10.9. The fourth-order valence-electron chi connectivity index (χ4n) is 8.03. The lowest BCUT2D eigenvalue weighted by atomic mass is 9.91. The molecule has 7 aromatic carbocycles. The molecule has 1 aliphatic rings. The average molecular weight is 675 g/mol. The van der Waals surface area contributed by atoms with Gasteiger partial charge >= 0.3 is 0 Å². The Kier molecular flexibility index (Phi) is 7.03. The van der Waals surface area contributed by atoms with E-state index in [1.807, 2.05) is 36.4 Å². The van der Waals surface area contributed by atoms with E-state index in [1.165, 1.54) is 32.7 Å². The Labute approximate surface area is 306 Å². The van der Waals surface area contributed by atoms with Crippen molar-refractivity contribution >= 4 is 48.9 Å². The van der Waals surface area contributed by atoms with Crippen LogP contribution < -0.4 is 0 Å². The third kappa shape index (κ3) is 5.09. The number of pyridine rings is 1. The second-order valence-electron chi connectivity index (χ2n) is 13.8. The van der Waals surface area contributed by atoms with Crippen molar-refractivity contribution in [3.05, 3.63) is 181 Å². The van der Waals surface area contributed by atoms with E-state index >= 15 is 0 Å². The Bertz CT molecular complexity index is 3110. The molecule has 0 saturated heterocycles. The highest BCUT2D eigenvalue weighted by Crippen LogP contribution is 2.41. The molecule has 4 nitrogen and oxygen atoms in total. The SMILES string of the molecule is N#CC1=CCC(c2c(-c3ccc(C#N)cc3)nc3c4ccc(-c5ccc6cc(-c7ccc8ccccc8c7)ccc6c5)cc4c4ccccc4n23)C=C1. The Morgan fingerprint density at radius 1 is 0.547 bits per heavy atom. The summed E-state index contributed by atoms with van der Waals surface area (Å²) in [6, 6.07) is 56.1. The zero-order valence-electron chi connectivity index (χ0n) is 28.7. The second kappa shape index (κ2) is 12.2. The van der Waals surface area contributed by atoms with Gasteiger partial charge in [0.05, 0.1) is 34.6 Å². The first-order valence-corrected chi connectivity index (χ1v) is 17.8. The number of benzene rings is 7. The maximum atomic E-state index is 9.55. The lowest BCUT2D eigenvalue weighted by molar-refractivity contribution is 0.810. The maximum Gasteiger partial charge on any atom is 0.146 e. The van der Waals surface area contributed by atoms with E-state index in [-0.39, 0.29) is 5.92 Å². The molecule has 1 unspecified atom stereocenters. The third-order valence-electron chi connectivity index (χ3n) is 10.7. The number of imidazole rings is 1. The molecule has 246 valence electrons. The fraction of sp³-hybridized carbons (Fsp3) is 0.0408. The Balaban J connectivity index is 1.12. The first-order chi connectivity index (χ1) is 26.1. The molecule has 2 heterocycles. The number of nitriles is 2. The van der Waals surface area contributed by atoms with Crippen molar-refractivity contribution in [1.82, 2.24) is 9.38 Å². The summed E-state index contributed by atoms with van der Waals surface area (Å²) in [5, 5.41) is 27.3. The molecule has 0 amide bonds. The molecule has 0 spiro atoms. The summed E-state index contributed by atoms with van der Waals surface area (Å²) in [7, 11) is 0. The number of hydrogen-bond donors (Lipinski definition) is 0. The minimum Gasteiger partial charge on any atom is -0.295 e. The van der Waals surface area contributed by atoms with Gasteiger partial charge in [0.1, 0.15) is 5.65 Å². The topological polar surface area (TPSA) is 64.9 Å². The third-order valence-corrected chi connectivity index (χ3v) is 10.7. The van der Waals surface area contributed by atoms with E-state index in [1.54, 1.807) is 0 Å². The van der Waals surface area contributed by atoms with Crippen molar-refractivity contribution in [2.75, 3.05) is 0 Å². The van der Waals surface area contributed by atoms with Gasteiger partial charge in [-0.25, -0.2) is 4.98 Å². The normalized spacial score (nSPS) is 14.2. The van der Waals surface area contributed by atoms with E-state index in [0.717, 1.165) is 55.4 Å². The molecule has 1 aliphatic carbocycles. The largest absolute Gasteiger partial charge is 0.295 e. The first kappa shape index (κ1) is 30.5. The molecule has 0 N–H and O–H groups in total. The molecule has 0 saturated carbocycles. The van der Waals surface area contributed by atoms with Crippen LogP contribution in [0.15, 0.2) is 169 Å². The van der Waals surface area contributed by atoms with Crippen LogP contribution in [-0.4, -0.2) is 9.38 Å². The number of aromatic nitrogens is 2. The first-order valence-electron chi connectivity index (χ1n) is 17.8.